The maximum atomic E-state index is 11.5. The Morgan fingerprint density at radius 1 is 0.708 bits per heavy atom. The molecule has 0 amide bonds. The first kappa shape index (κ1) is 19.1. The summed E-state index contributed by atoms with van der Waals surface area (Å²) in [5.74, 6) is -5.23. The summed E-state index contributed by atoms with van der Waals surface area (Å²) in [5, 5.41) is 36.5. The summed E-state index contributed by atoms with van der Waals surface area (Å²) in [6, 6.07) is 5.26. The van der Waals surface area contributed by atoms with Crippen LogP contribution in [0.25, 0.3) is 0 Å². The summed E-state index contributed by atoms with van der Waals surface area (Å²) < 4.78 is 0. The Hall–Kier alpha value is -2.90. The molecule has 2 atom stereocenters. The highest BCUT2D eigenvalue weighted by Crippen LogP contribution is 2.33. The van der Waals surface area contributed by atoms with Gasteiger partial charge in [-0.2, -0.15) is 0 Å². The molecule has 0 saturated heterocycles. The van der Waals surface area contributed by atoms with E-state index in [1.807, 2.05) is 0 Å². The molecular weight excluding hydrogens is 320 g/mol. The van der Waals surface area contributed by atoms with Crippen molar-refractivity contribution in [2.75, 3.05) is 0 Å². The van der Waals surface area contributed by atoms with Crippen LogP contribution < -0.4 is 0 Å². The van der Waals surface area contributed by atoms with Gasteiger partial charge in [-0.15, -0.1) is 0 Å². The predicted molar refractivity (Wildman–Crippen MR) is 80.9 cm³/mol. The lowest BCUT2D eigenvalue weighted by atomic mass is 9.76. The number of carbonyl (C=O) groups is 4. The molecule has 0 bridgehead atoms. The molecule has 0 aliphatic rings. The van der Waals surface area contributed by atoms with Gasteiger partial charge in [0.05, 0.1) is 12.8 Å². The fraction of sp³-hybridized carbons (Fsp3) is 0.375. The third kappa shape index (κ3) is 3.70. The van der Waals surface area contributed by atoms with Crippen molar-refractivity contribution in [3.63, 3.8) is 0 Å². The van der Waals surface area contributed by atoms with Gasteiger partial charge in [0.1, 0.15) is 10.8 Å². The standard InChI is InChI=1S/C16H18O8/c1-15(13(21)22,7-11(17)18)9-3-5-10(6-4-9)16(2,14(23)24)8-12(19)20/h3-6H,7-8H2,1-2H3,(H,17,18)(H,19,20)(H,21,22)(H,23,24). The topological polar surface area (TPSA) is 149 Å². The van der Waals surface area contributed by atoms with E-state index in [0.29, 0.717) is 0 Å². The second-order valence-electron chi connectivity index (χ2n) is 5.99. The molecule has 130 valence electrons. The van der Waals surface area contributed by atoms with Crippen molar-refractivity contribution in [3.05, 3.63) is 35.4 Å². The average Bonchev–Trinajstić information content (AvgIpc) is 2.45. The number of carboxylic acids is 4. The summed E-state index contributed by atoms with van der Waals surface area (Å²) in [4.78, 5) is 44.8. The van der Waals surface area contributed by atoms with E-state index >= 15 is 0 Å². The monoisotopic (exact) mass is 338 g/mol. The van der Waals surface area contributed by atoms with Crippen molar-refractivity contribution < 1.29 is 39.6 Å². The normalized spacial score (nSPS) is 15.8. The molecule has 1 aromatic carbocycles. The van der Waals surface area contributed by atoms with Crippen LogP contribution in [0.4, 0.5) is 0 Å². The summed E-state index contributed by atoms with van der Waals surface area (Å²) in [6.45, 7) is 2.51. The van der Waals surface area contributed by atoms with Crippen LogP contribution in [0.5, 0.6) is 0 Å². The van der Waals surface area contributed by atoms with Crippen molar-refractivity contribution in [1.82, 2.24) is 0 Å². The minimum Gasteiger partial charge on any atom is -0.481 e. The van der Waals surface area contributed by atoms with Crippen LogP contribution in [-0.4, -0.2) is 44.3 Å². The second kappa shape index (κ2) is 6.69. The molecule has 0 radical (unpaired) electrons. The fourth-order valence-electron chi connectivity index (χ4n) is 2.41. The molecule has 1 aromatic rings. The number of hydrogen-bond donors (Lipinski definition) is 4. The van der Waals surface area contributed by atoms with Gasteiger partial charge in [-0.1, -0.05) is 24.3 Å². The van der Waals surface area contributed by atoms with Gasteiger partial charge in [0, 0.05) is 0 Å². The van der Waals surface area contributed by atoms with E-state index < -0.39 is 47.5 Å². The highest BCUT2D eigenvalue weighted by molar-refractivity contribution is 5.88. The van der Waals surface area contributed by atoms with E-state index in [1.54, 1.807) is 0 Å². The Labute approximate surface area is 137 Å². The zero-order valence-electron chi connectivity index (χ0n) is 13.1. The van der Waals surface area contributed by atoms with Gasteiger partial charge in [-0.25, -0.2) is 0 Å². The minimum absolute atomic E-state index is 0.184. The van der Waals surface area contributed by atoms with E-state index in [1.165, 1.54) is 38.1 Å². The number of carboxylic acid groups (broad SMARTS) is 4. The molecule has 8 nitrogen and oxygen atoms in total. The lowest BCUT2D eigenvalue weighted by molar-refractivity contribution is -0.149. The summed E-state index contributed by atoms with van der Waals surface area (Å²) in [5.41, 5.74) is -3.00. The Morgan fingerprint density at radius 2 is 0.958 bits per heavy atom. The van der Waals surface area contributed by atoms with Gasteiger partial charge >= 0.3 is 23.9 Å². The Balaban J connectivity index is 3.32. The summed E-state index contributed by atoms with van der Waals surface area (Å²) in [7, 11) is 0. The van der Waals surface area contributed by atoms with E-state index in [9.17, 15) is 29.4 Å². The van der Waals surface area contributed by atoms with Crippen LogP contribution in [0.15, 0.2) is 24.3 Å². The number of aliphatic carboxylic acids is 4. The molecule has 1 rings (SSSR count). The van der Waals surface area contributed by atoms with Gasteiger partial charge in [-0.3, -0.25) is 19.2 Å². The van der Waals surface area contributed by atoms with Gasteiger partial charge in [-0.05, 0) is 25.0 Å². The van der Waals surface area contributed by atoms with Crippen LogP contribution in [0.3, 0.4) is 0 Å². The van der Waals surface area contributed by atoms with Crippen LogP contribution in [0.1, 0.15) is 37.8 Å². The summed E-state index contributed by atoms with van der Waals surface area (Å²) in [6.07, 6.45) is -1.29. The average molecular weight is 338 g/mol. The second-order valence-corrected chi connectivity index (χ2v) is 5.99. The molecule has 4 N–H and O–H groups in total. The van der Waals surface area contributed by atoms with E-state index in [0.717, 1.165) is 0 Å². The zero-order chi connectivity index (χ0) is 18.7. The fourth-order valence-corrected chi connectivity index (χ4v) is 2.41. The maximum absolute atomic E-state index is 11.5. The van der Waals surface area contributed by atoms with Crippen molar-refractivity contribution >= 4 is 23.9 Å². The molecule has 8 heteroatoms. The lowest BCUT2D eigenvalue weighted by Crippen LogP contribution is -2.36. The van der Waals surface area contributed by atoms with Crippen LogP contribution in [0.2, 0.25) is 0 Å². The molecule has 0 aliphatic heterocycles. The number of rotatable bonds is 8. The molecule has 24 heavy (non-hydrogen) atoms. The minimum atomic E-state index is -1.68. The highest BCUT2D eigenvalue weighted by Gasteiger charge is 2.40. The van der Waals surface area contributed by atoms with E-state index in [2.05, 4.69) is 0 Å². The van der Waals surface area contributed by atoms with Crippen LogP contribution in [0, 0.1) is 0 Å². The number of benzene rings is 1. The largest absolute Gasteiger partial charge is 0.481 e. The molecule has 0 aliphatic carbocycles. The Kier molecular flexibility index (Phi) is 5.34. The third-order valence-electron chi connectivity index (χ3n) is 4.11. The summed E-state index contributed by atoms with van der Waals surface area (Å²) >= 11 is 0. The zero-order valence-corrected chi connectivity index (χ0v) is 13.1. The van der Waals surface area contributed by atoms with Crippen molar-refractivity contribution in [2.24, 2.45) is 0 Å². The third-order valence-corrected chi connectivity index (χ3v) is 4.11. The predicted octanol–water partition coefficient (Wildman–Crippen LogP) is 1.32. The van der Waals surface area contributed by atoms with Gasteiger partial charge in [0.15, 0.2) is 0 Å². The SMILES string of the molecule is CC(CC(=O)O)(C(=O)O)c1ccc(C(C)(CC(=O)O)C(=O)O)cc1. The van der Waals surface area contributed by atoms with E-state index in [4.69, 9.17) is 10.2 Å². The first-order chi connectivity index (χ1) is 10.9. The van der Waals surface area contributed by atoms with Gasteiger partial charge in [0.2, 0.25) is 0 Å². The Bertz CT molecular complexity index is 619. The van der Waals surface area contributed by atoms with Crippen molar-refractivity contribution in [1.29, 1.82) is 0 Å². The highest BCUT2D eigenvalue weighted by atomic mass is 16.4. The van der Waals surface area contributed by atoms with Crippen LogP contribution in [-0.2, 0) is 30.0 Å². The first-order valence-electron chi connectivity index (χ1n) is 6.95. The quantitative estimate of drug-likeness (QED) is 0.554. The lowest BCUT2D eigenvalue weighted by Gasteiger charge is -2.26. The first-order valence-corrected chi connectivity index (χ1v) is 6.95. The van der Waals surface area contributed by atoms with Crippen LogP contribution >= 0.6 is 0 Å². The molecular formula is C16H18O8. The van der Waals surface area contributed by atoms with Gasteiger partial charge in [0.25, 0.3) is 0 Å². The molecule has 2 unspecified atom stereocenters. The smallest absolute Gasteiger partial charge is 0.314 e. The van der Waals surface area contributed by atoms with Gasteiger partial charge < -0.3 is 20.4 Å². The molecule has 0 aromatic heterocycles. The maximum Gasteiger partial charge on any atom is 0.314 e. The molecule has 0 saturated carbocycles. The number of hydrogen-bond acceptors (Lipinski definition) is 4. The van der Waals surface area contributed by atoms with Crippen molar-refractivity contribution in [3.8, 4) is 0 Å². The van der Waals surface area contributed by atoms with E-state index in [-0.39, 0.29) is 11.1 Å². The molecule has 0 heterocycles. The molecule has 0 spiro atoms. The van der Waals surface area contributed by atoms with Crippen molar-refractivity contribution in [2.45, 2.75) is 37.5 Å². The molecule has 0 fully saturated rings. The Morgan fingerprint density at radius 3 is 1.12 bits per heavy atom.